The Hall–Kier alpha value is -1.68. The Kier molecular flexibility index (Phi) is 7.21. The molecule has 150 valence electrons. The molecule has 1 saturated heterocycles. The molecule has 0 saturated carbocycles. The van der Waals surface area contributed by atoms with Crippen molar-refractivity contribution in [3.63, 3.8) is 0 Å². The van der Waals surface area contributed by atoms with Crippen molar-refractivity contribution < 1.29 is 22.9 Å². The highest BCUT2D eigenvalue weighted by Crippen LogP contribution is 2.27. The highest BCUT2D eigenvalue weighted by atomic mass is 35.5. The first-order valence-corrected chi connectivity index (χ1v) is 10.7. The zero-order valence-corrected chi connectivity index (χ0v) is 17.3. The number of hydrogen-bond donors (Lipinski definition) is 3. The van der Waals surface area contributed by atoms with E-state index >= 15 is 0 Å². The second-order valence-corrected chi connectivity index (χ2v) is 8.72. The van der Waals surface area contributed by atoms with E-state index < -0.39 is 16.1 Å². The molecule has 1 fully saturated rings. The normalized spacial score (nSPS) is 18.9. The van der Waals surface area contributed by atoms with E-state index in [0.29, 0.717) is 26.2 Å². The molecule has 0 radical (unpaired) electrons. The molecule has 1 aliphatic heterocycles. The first-order chi connectivity index (χ1) is 12.7. The Morgan fingerprint density at radius 1 is 1.37 bits per heavy atom. The number of nitrogens with one attached hydrogen (secondary N) is 3. The summed E-state index contributed by atoms with van der Waals surface area (Å²) >= 11 is 6.16. The molecule has 10 heteroatoms. The molecule has 1 aromatic carbocycles. The van der Waals surface area contributed by atoms with Crippen LogP contribution in [0.5, 0.6) is 0 Å². The third kappa shape index (κ3) is 4.98. The maximum atomic E-state index is 12.7. The Bertz CT molecular complexity index is 811. The van der Waals surface area contributed by atoms with Gasteiger partial charge in [0.2, 0.25) is 10.0 Å². The molecule has 0 spiro atoms. The van der Waals surface area contributed by atoms with Gasteiger partial charge in [0.1, 0.15) is 0 Å². The van der Waals surface area contributed by atoms with Gasteiger partial charge in [0.15, 0.2) is 12.6 Å². The van der Waals surface area contributed by atoms with Crippen molar-refractivity contribution in [2.45, 2.75) is 31.7 Å². The predicted octanol–water partition coefficient (Wildman–Crippen LogP) is -0.288. The monoisotopic (exact) mass is 417 g/mol. The lowest BCUT2D eigenvalue weighted by molar-refractivity contribution is -0.907. The number of halogens is 1. The second-order valence-electron chi connectivity index (χ2n) is 6.38. The fraction of sp³-hybridized carbons (Fsp3) is 0.529. The summed E-state index contributed by atoms with van der Waals surface area (Å²) < 4.78 is 26.7. The van der Waals surface area contributed by atoms with Crippen molar-refractivity contribution in [1.82, 2.24) is 9.62 Å². The van der Waals surface area contributed by atoms with Gasteiger partial charge < -0.3 is 15.5 Å². The largest absolute Gasteiger partial charge is 0.346 e. The number of hydrogen-bond acceptors (Lipinski definition) is 4. The molecule has 1 unspecified atom stereocenters. The van der Waals surface area contributed by atoms with Crippen LogP contribution in [0.4, 0.5) is 5.69 Å². The van der Waals surface area contributed by atoms with Crippen molar-refractivity contribution in [3.05, 3.63) is 23.2 Å². The van der Waals surface area contributed by atoms with Crippen LogP contribution in [-0.4, -0.2) is 63.3 Å². The number of anilines is 1. The highest BCUT2D eigenvalue weighted by Gasteiger charge is 2.30. The minimum atomic E-state index is -3.66. The number of benzene rings is 1. The molecule has 2 rings (SSSR count). The van der Waals surface area contributed by atoms with Crippen LogP contribution in [0, 0.1) is 0 Å². The van der Waals surface area contributed by atoms with Crippen molar-refractivity contribution in [1.29, 1.82) is 0 Å². The van der Waals surface area contributed by atoms with Gasteiger partial charge in [0, 0.05) is 13.1 Å². The Morgan fingerprint density at radius 3 is 2.63 bits per heavy atom. The molecule has 2 amide bonds. The molecule has 1 aromatic rings. The molecule has 8 nitrogen and oxygen atoms in total. The molecule has 1 heterocycles. The van der Waals surface area contributed by atoms with Gasteiger partial charge in [-0.25, -0.2) is 8.42 Å². The van der Waals surface area contributed by atoms with Gasteiger partial charge in [-0.1, -0.05) is 25.4 Å². The Labute approximate surface area is 164 Å². The number of quaternary nitrogens is 1. The van der Waals surface area contributed by atoms with Crippen molar-refractivity contribution in [2.24, 2.45) is 0 Å². The minimum Gasteiger partial charge on any atom is -0.346 e. The van der Waals surface area contributed by atoms with Gasteiger partial charge in [-0.3, -0.25) is 9.59 Å². The van der Waals surface area contributed by atoms with Crippen LogP contribution in [0.2, 0.25) is 5.02 Å². The van der Waals surface area contributed by atoms with Crippen LogP contribution in [0.3, 0.4) is 0 Å². The van der Waals surface area contributed by atoms with E-state index in [4.69, 9.17) is 11.6 Å². The summed E-state index contributed by atoms with van der Waals surface area (Å²) in [6.07, 6.45) is 0. The molecular formula is C17H26ClN4O4S+. The van der Waals surface area contributed by atoms with E-state index in [1.807, 2.05) is 0 Å². The van der Waals surface area contributed by atoms with Crippen LogP contribution in [0.15, 0.2) is 23.1 Å². The van der Waals surface area contributed by atoms with Crippen LogP contribution < -0.4 is 15.5 Å². The molecule has 0 aliphatic carbocycles. The lowest BCUT2D eigenvalue weighted by Gasteiger charge is -2.28. The first-order valence-electron chi connectivity index (χ1n) is 8.92. The van der Waals surface area contributed by atoms with Gasteiger partial charge in [0.25, 0.3) is 11.8 Å². The van der Waals surface area contributed by atoms with Crippen molar-refractivity contribution >= 4 is 39.1 Å². The SMILES string of the molecule is CCN(CC)S(=O)(=O)c1ccc(Cl)c(NC(=O)[C@H](C)[NH+]2CCNC(=O)C2)c1. The Morgan fingerprint density at radius 2 is 2.04 bits per heavy atom. The molecular weight excluding hydrogens is 392 g/mol. The average molecular weight is 418 g/mol. The number of sulfonamides is 1. The summed E-state index contributed by atoms with van der Waals surface area (Å²) in [5.74, 6) is -0.416. The molecule has 0 aromatic heterocycles. The quantitative estimate of drug-likeness (QED) is 0.567. The third-order valence-electron chi connectivity index (χ3n) is 4.70. The lowest BCUT2D eigenvalue weighted by atomic mass is 10.2. The van der Waals surface area contributed by atoms with Gasteiger partial charge in [-0.05, 0) is 25.1 Å². The fourth-order valence-electron chi connectivity index (χ4n) is 2.99. The van der Waals surface area contributed by atoms with Crippen LogP contribution in [-0.2, 0) is 19.6 Å². The number of piperazine rings is 1. The zero-order chi connectivity index (χ0) is 20.2. The summed E-state index contributed by atoms with van der Waals surface area (Å²) in [5, 5.41) is 5.68. The number of carbonyl (C=O) groups excluding carboxylic acids is 2. The fourth-order valence-corrected chi connectivity index (χ4v) is 4.64. The molecule has 2 atom stereocenters. The maximum absolute atomic E-state index is 12.7. The lowest BCUT2D eigenvalue weighted by Crippen LogP contribution is -3.19. The Balaban J connectivity index is 2.21. The topological polar surface area (TPSA) is 100 Å². The van der Waals surface area contributed by atoms with Crippen LogP contribution in [0.25, 0.3) is 0 Å². The standard InChI is InChI=1S/C17H25ClN4O4S/c1-4-22(5-2)27(25,26)13-6-7-14(18)15(10-13)20-17(24)12(3)21-9-8-19-16(23)11-21/h6-7,10,12H,4-5,8-9,11H2,1-3H3,(H,19,23)(H,20,24)/p+1/t12-/m0/s1. The molecule has 27 heavy (non-hydrogen) atoms. The maximum Gasteiger partial charge on any atom is 0.282 e. The first kappa shape index (κ1) is 21.6. The van der Waals surface area contributed by atoms with Gasteiger partial charge in [0.05, 0.1) is 28.7 Å². The molecule has 0 bridgehead atoms. The van der Waals surface area contributed by atoms with Crippen LogP contribution >= 0.6 is 11.6 Å². The zero-order valence-electron chi connectivity index (χ0n) is 15.7. The van der Waals surface area contributed by atoms with Gasteiger partial charge >= 0.3 is 0 Å². The number of carbonyl (C=O) groups is 2. The molecule has 1 aliphatic rings. The molecule has 3 N–H and O–H groups in total. The van der Waals surface area contributed by atoms with E-state index in [1.54, 1.807) is 20.8 Å². The van der Waals surface area contributed by atoms with E-state index in [0.717, 1.165) is 4.90 Å². The number of rotatable bonds is 7. The summed E-state index contributed by atoms with van der Waals surface area (Å²) in [4.78, 5) is 25.0. The number of amides is 2. The van der Waals surface area contributed by atoms with E-state index in [-0.39, 0.29) is 34.0 Å². The van der Waals surface area contributed by atoms with Crippen LogP contribution in [0.1, 0.15) is 20.8 Å². The number of nitrogens with zero attached hydrogens (tertiary/aromatic N) is 1. The van der Waals surface area contributed by atoms with Gasteiger partial charge in [-0.2, -0.15) is 4.31 Å². The van der Waals surface area contributed by atoms with E-state index in [9.17, 15) is 18.0 Å². The smallest absolute Gasteiger partial charge is 0.282 e. The summed E-state index contributed by atoms with van der Waals surface area (Å²) in [5.41, 5.74) is 0.239. The summed E-state index contributed by atoms with van der Waals surface area (Å²) in [6.45, 7) is 7.33. The van der Waals surface area contributed by atoms with Crippen molar-refractivity contribution in [3.8, 4) is 0 Å². The highest BCUT2D eigenvalue weighted by molar-refractivity contribution is 7.89. The van der Waals surface area contributed by atoms with Gasteiger partial charge in [-0.15, -0.1) is 0 Å². The predicted molar refractivity (Wildman–Crippen MR) is 103 cm³/mol. The average Bonchev–Trinajstić information content (AvgIpc) is 2.63. The minimum absolute atomic E-state index is 0.0725. The summed E-state index contributed by atoms with van der Waals surface area (Å²) in [6, 6.07) is 3.78. The van der Waals surface area contributed by atoms with E-state index in [2.05, 4.69) is 10.6 Å². The second kappa shape index (κ2) is 9.01. The van der Waals surface area contributed by atoms with Crippen molar-refractivity contribution in [2.75, 3.05) is 38.0 Å². The summed E-state index contributed by atoms with van der Waals surface area (Å²) in [7, 11) is -3.66. The third-order valence-corrected chi connectivity index (χ3v) is 7.08. The van der Waals surface area contributed by atoms with E-state index in [1.165, 1.54) is 22.5 Å².